The number of nitrogens with zero attached hydrogens (tertiary/aromatic N) is 2. The molecular weight excluding hydrogens is 713 g/mol. The van der Waals surface area contributed by atoms with Gasteiger partial charge in [0.1, 0.15) is 0 Å². The smallest absolute Gasteiger partial charge is 0.0541 e. The second-order valence-corrected chi connectivity index (χ2v) is 18.2. The number of hydrogen-bond donors (Lipinski definition) is 0. The van der Waals surface area contributed by atoms with Gasteiger partial charge < -0.3 is 9.13 Å². The minimum absolute atomic E-state index is 0.0271. The molecule has 59 heavy (non-hydrogen) atoms. The van der Waals surface area contributed by atoms with Gasteiger partial charge in [-0.05, 0) is 121 Å². The third-order valence-electron chi connectivity index (χ3n) is 14.8. The summed E-state index contributed by atoms with van der Waals surface area (Å²) >= 11 is 0. The molecule has 1 aliphatic carbocycles. The van der Waals surface area contributed by atoms with E-state index in [1.807, 2.05) is 0 Å². The Labute approximate surface area is 347 Å². The third kappa shape index (κ3) is 5.05. The summed E-state index contributed by atoms with van der Waals surface area (Å²) in [4.78, 5) is 0. The van der Waals surface area contributed by atoms with Gasteiger partial charge >= 0.3 is 0 Å². The first-order valence-corrected chi connectivity index (χ1v) is 21.0. The Balaban J connectivity index is 1.09. The summed E-state index contributed by atoms with van der Waals surface area (Å²) in [7, 11) is 0. The van der Waals surface area contributed by atoms with Crippen LogP contribution in [0.4, 0.5) is 0 Å². The van der Waals surface area contributed by atoms with Gasteiger partial charge in [-0.25, -0.2) is 0 Å². The van der Waals surface area contributed by atoms with Crippen LogP contribution in [0.3, 0.4) is 0 Å². The molecule has 0 atom stereocenters. The van der Waals surface area contributed by atoms with Crippen LogP contribution >= 0.6 is 0 Å². The lowest BCUT2D eigenvalue weighted by atomic mass is 9.59. The van der Waals surface area contributed by atoms with Gasteiger partial charge in [0.15, 0.2) is 0 Å². The normalized spacial score (nSPS) is 15.4. The van der Waals surface area contributed by atoms with E-state index in [1.54, 1.807) is 0 Å². The summed E-state index contributed by atoms with van der Waals surface area (Å²) in [5.41, 5.74) is 17.6. The van der Waals surface area contributed by atoms with Crippen molar-refractivity contribution in [1.82, 2.24) is 9.13 Å². The van der Waals surface area contributed by atoms with Crippen LogP contribution in [0.5, 0.6) is 0 Å². The summed E-state index contributed by atoms with van der Waals surface area (Å²) in [5, 5.41) is 5.05. The molecule has 0 fully saturated rings. The van der Waals surface area contributed by atoms with Gasteiger partial charge in [-0.2, -0.15) is 0 Å². The molecule has 286 valence electrons. The number of para-hydroxylation sites is 2. The lowest BCUT2D eigenvalue weighted by molar-refractivity contribution is 0.125. The van der Waals surface area contributed by atoms with Crippen molar-refractivity contribution in [2.24, 2.45) is 5.41 Å². The summed E-state index contributed by atoms with van der Waals surface area (Å²) in [6.07, 6.45) is 0. The molecule has 8 aromatic carbocycles. The van der Waals surface area contributed by atoms with Gasteiger partial charge in [0.2, 0.25) is 0 Å². The minimum Gasteiger partial charge on any atom is -0.309 e. The standard InChI is InChI=1S/C57H48N2/c1-55(2)48-24-17-27-53(54(48)56(3,4)57(55,5)6)59-50-26-16-14-23-45(50)47-36-40(29-31-52(47)59)39-28-30-51-46(35-39)44-22-13-15-25-49(44)58(51)43-33-41(37-18-9-7-10-19-37)32-42(34-43)38-20-11-8-12-21-38/h7-36H,1-6H3. The van der Waals surface area contributed by atoms with Gasteiger partial charge in [-0.3, -0.25) is 0 Å². The van der Waals surface area contributed by atoms with Crippen LogP contribution in [0.1, 0.15) is 52.7 Å². The predicted octanol–water partition coefficient (Wildman–Crippen LogP) is 15.5. The Morgan fingerprint density at radius 2 is 0.797 bits per heavy atom. The van der Waals surface area contributed by atoms with Crippen LogP contribution in [0.25, 0.3) is 88.4 Å². The van der Waals surface area contributed by atoms with Gasteiger partial charge in [0.05, 0.1) is 27.8 Å². The summed E-state index contributed by atoms with van der Waals surface area (Å²) in [5.74, 6) is 0. The highest BCUT2D eigenvalue weighted by atomic mass is 15.0. The van der Waals surface area contributed by atoms with E-state index in [4.69, 9.17) is 0 Å². The highest BCUT2D eigenvalue weighted by Gasteiger charge is 2.57. The van der Waals surface area contributed by atoms with Crippen molar-refractivity contribution in [2.45, 2.75) is 52.4 Å². The van der Waals surface area contributed by atoms with Crippen LogP contribution in [-0.4, -0.2) is 9.13 Å². The van der Waals surface area contributed by atoms with Crippen LogP contribution in [0, 0.1) is 5.41 Å². The molecule has 0 bridgehead atoms. The first-order chi connectivity index (χ1) is 28.5. The van der Waals surface area contributed by atoms with Crippen LogP contribution in [0.2, 0.25) is 0 Å². The average Bonchev–Trinajstić information content (AvgIpc) is 3.81. The van der Waals surface area contributed by atoms with Crippen molar-refractivity contribution in [3.8, 4) is 44.8 Å². The van der Waals surface area contributed by atoms with Crippen molar-refractivity contribution in [2.75, 3.05) is 0 Å². The van der Waals surface area contributed by atoms with Crippen molar-refractivity contribution < 1.29 is 0 Å². The van der Waals surface area contributed by atoms with Gasteiger partial charge in [0, 0.05) is 27.2 Å². The fourth-order valence-electron chi connectivity index (χ4n) is 10.5. The molecule has 0 saturated carbocycles. The van der Waals surface area contributed by atoms with E-state index in [0.717, 1.165) is 5.69 Å². The van der Waals surface area contributed by atoms with Crippen molar-refractivity contribution >= 4 is 43.6 Å². The molecular formula is C57H48N2. The van der Waals surface area contributed by atoms with Crippen molar-refractivity contribution in [3.63, 3.8) is 0 Å². The van der Waals surface area contributed by atoms with Crippen LogP contribution in [-0.2, 0) is 10.8 Å². The molecule has 2 nitrogen and oxygen atoms in total. The Bertz CT molecular complexity index is 3220. The Morgan fingerprint density at radius 1 is 0.322 bits per heavy atom. The molecule has 10 aromatic rings. The van der Waals surface area contributed by atoms with E-state index >= 15 is 0 Å². The molecule has 0 amide bonds. The second-order valence-electron chi connectivity index (χ2n) is 18.2. The lowest BCUT2D eigenvalue weighted by Crippen LogP contribution is -2.42. The first kappa shape index (κ1) is 35.5. The predicted molar refractivity (Wildman–Crippen MR) is 251 cm³/mol. The fourth-order valence-corrected chi connectivity index (χ4v) is 10.5. The molecule has 2 heterocycles. The Hall–Kier alpha value is -6.64. The second kappa shape index (κ2) is 12.7. The maximum atomic E-state index is 2.54. The molecule has 0 spiro atoms. The highest BCUT2D eigenvalue weighted by Crippen LogP contribution is 2.63. The van der Waals surface area contributed by atoms with Gasteiger partial charge in [-0.15, -0.1) is 0 Å². The van der Waals surface area contributed by atoms with Crippen LogP contribution in [0.15, 0.2) is 182 Å². The molecule has 2 aromatic heterocycles. The SMILES string of the molecule is CC1(C)c2cccc(-n3c4ccccc4c4cc(-c5ccc6c(c5)c5ccccc5n6-c5cc(-c6ccccc6)cc(-c6ccccc6)c5)ccc43)c2C(C)(C)C1(C)C. The van der Waals surface area contributed by atoms with E-state index in [9.17, 15) is 0 Å². The molecule has 0 N–H and O–H groups in total. The maximum absolute atomic E-state index is 2.54. The molecule has 1 aliphatic rings. The summed E-state index contributed by atoms with van der Waals surface area (Å²) < 4.78 is 4.99. The number of hydrogen-bond acceptors (Lipinski definition) is 0. The van der Waals surface area contributed by atoms with Gasteiger partial charge in [0.25, 0.3) is 0 Å². The minimum atomic E-state index is -0.0271. The monoisotopic (exact) mass is 760 g/mol. The maximum Gasteiger partial charge on any atom is 0.0541 e. The topological polar surface area (TPSA) is 9.86 Å². The molecule has 0 radical (unpaired) electrons. The Kier molecular flexibility index (Phi) is 7.63. The van der Waals surface area contributed by atoms with E-state index in [2.05, 4.69) is 233 Å². The Morgan fingerprint density at radius 3 is 1.36 bits per heavy atom. The number of aromatic nitrogens is 2. The number of benzene rings is 8. The molecule has 0 saturated heterocycles. The summed E-state index contributed by atoms with van der Waals surface area (Å²) in [6, 6.07) is 67.4. The zero-order valence-corrected chi connectivity index (χ0v) is 34.7. The van der Waals surface area contributed by atoms with E-state index in [0.29, 0.717) is 0 Å². The third-order valence-corrected chi connectivity index (χ3v) is 14.8. The molecule has 0 aliphatic heterocycles. The first-order valence-electron chi connectivity index (χ1n) is 21.0. The highest BCUT2D eigenvalue weighted by molar-refractivity contribution is 6.13. The summed E-state index contributed by atoms with van der Waals surface area (Å²) in [6.45, 7) is 14.7. The number of fused-ring (bicyclic) bond motifs is 7. The zero-order chi connectivity index (χ0) is 40.3. The van der Waals surface area contributed by atoms with E-state index in [-0.39, 0.29) is 16.2 Å². The number of rotatable bonds is 5. The van der Waals surface area contributed by atoms with E-state index in [1.165, 1.54) is 93.8 Å². The zero-order valence-electron chi connectivity index (χ0n) is 34.7. The molecule has 2 heteroatoms. The van der Waals surface area contributed by atoms with Crippen molar-refractivity contribution in [3.05, 3.63) is 193 Å². The van der Waals surface area contributed by atoms with Crippen molar-refractivity contribution in [1.29, 1.82) is 0 Å². The van der Waals surface area contributed by atoms with Gasteiger partial charge in [-0.1, -0.05) is 163 Å². The molecule has 11 rings (SSSR count). The lowest BCUT2D eigenvalue weighted by Gasteiger charge is -2.44. The van der Waals surface area contributed by atoms with E-state index < -0.39 is 0 Å². The molecule has 0 unspecified atom stereocenters. The van der Waals surface area contributed by atoms with Crippen LogP contribution < -0.4 is 0 Å². The largest absolute Gasteiger partial charge is 0.309 e. The fraction of sp³-hybridized carbons (Fsp3) is 0.158. The quantitative estimate of drug-likeness (QED) is 0.165. The average molecular weight is 761 g/mol.